The number of aryl methyl sites for hydroxylation is 1. The number of likely N-dealkylation sites (tertiary alicyclic amines) is 1. The van der Waals surface area contributed by atoms with E-state index in [1.165, 1.54) is 5.56 Å². The van der Waals surface area contributed by atoms with Crippen LogP contribution < -0.4 is 14.4 Å². The Bertz CT molecular complexity index is 1610. The Labute approximate surface area is 263 Å². The molecule has 3 aliphatic heterocycles. The fourth-order valence-electron chi connectivity index (χ4n) is 6.52. The highest BCUT2D eigenvalue weighted by Crippen LogP contribution is 2.30. The van der Waals surface area contributed by atoms with E-state index in [0.29, 0.717) is 24.9 Å². The van der Waals surface area contributed by atoms with Crippen molar-refractivity contribution in [3.05, 3.63) is 60.6 Å². The van der Waals surface area contributed by atoms with E-state index in [4.69, 9.17) is 24.2 Å². The molecule has 1 unspecified atom stereocenters. The average molecular weight is 612 g/mol. The number of benzene rings is 1. The van der Waals surface area contributed by atoms with Gasteiger partial charge in [-0.15, -0.1) is 0 Å². The highest BCUT2D eigenvalue weighted by atomic mass is 16.5. The van der Waals surface area contributed by atoms with Gasteiger partial charge in [-0.2, -0.15) is 0 Å². The SMILES string of the molecule is COc1ccc(CCN2CC(CCOc3nc(-c4ccc(N5CCN(C6COC6)CC5)cn4)cc4ncn(C)c34)CC2=O)cc1. The molecule has 3 aliphatic rings. The van der Waals surface area contributed by atoms with Crippen molar-refractivity contribution in [3.63, 3.8) is 0 Å². The predicted octanol–water partition coefficient (Wildman–Crippen LogP) is 3.42. The Hall–Kier alpha value is -4.22. The molecule has 0 radical (unpaired) electrons. The summed E-state index contributed by atoms with van der Waals surface area (Å²) < 4.78 is 18.9. The Balaban J connectivity index is 0.960. The molecule has 0 N–H and O–H groups in total. The van der Waals surface area contributed by atoms with Gasteiger partial charge in [0, 0.05) is 52.7 Å². The van der Waals surface area contributed by atoms with Crippen LogP contribution in [0.4, 0.5) is 5.69 Å². The van der Waals surface area contributed by atoms with Gasteiger partial charge >= 0.3 is 0 Å². The predicted molar refractivity (Wildman–Crippen MR) is 172 cm³/mol. The molecule has 4 aromatic rings. The third-order valence-corrected chi connectivity index (χ3v) is 9.38. The van der Waals surface area contributed by atoms with Crippen LogP contribution in [0.15, 0.2) is 55.0 Å². The van der Waals surface area contributed by atoms with E-state index in [0.717, 1.165) is 99.2 Å². The van der Waals surface area contributed by atoms with Crippen LogP contribution in [-0.4, -0.2) is 107 Å². The molecule has 11 nitrogen and oxygen atoms in total. The van der Waals surface area contributed by atoms with Crippen molar-refractivity contribution in [1.29, 1.82) is 0 Å². The minimum absolute atomic E-state index is 0.215. The topological polar surface area (TPSA) is 98.1 Å². The van der Waals surface area contributed by atoms with Crippen LogP contribution in [0.1, 0.15) is 18.4 Å². The summed E-state index contributed by atoms with van der Waals surface area (Å²) >= 11 is 0. The number of pyridine rings is 2. The van der Waals surface area contributed by atoms with Gasteiger partial charge in [0.1, 0.15) is 11.3 Å². The lowest BCUT2D eigenvalue weighted by Gasteiger charge is -2.43. The number of fused-ring (bicyclic) bond motifs is 1. The van der Waals surface area contributed by atoms with Crippen molar-refractivity contribution < 1.29 is 19.0 Å². The summed E-state index contributed by atoms with van der Waals surface area (Å²) in [5.74, 6) is 1.86. The normalized spacial score (nSPS) is 19.3. The zero-order valence-corrected chi connectivity index (χ0v) is 26.1. The summed E-state index contributed by atoms with van der Waals surface area (Å²) in [7, 11) is 3.61. The Kier molecular flexibility index (Phi) is 8.53. The number of carbonyl (C=O) groups excluding carboxylic acids is 1. The molecule has 45 heavy (non-hydrogen) atoms. The molecule has 6 heterocycles. The number of hydrogen-bond acceptors (Lipinski definition) is 9. The number of ether oxygens (including phenoxy) is 3. The van der Waals surface area contributed by atoms with Crippen LogP contribution >= 0.6 is 0 Å². The average Bonchev–Trinajstić information content (AvgIpc) is 3.60. The minimum Gasteiger partial charge on any atom is -0.497 e. The monoisotopic (exact) mass is 611 g/mol. The molecule has 1 aromatic carbocycles. The second-order valence-electron chi connectivity index (χ2n) is 12.3. The number of imidazole rings is 1. The zero-order chi connectivity index (χ0) is 30.8. The van der Waals surface area contributed by atoms with Gasteiger partial charge in [-0.25, -0.2) is 9.97 Å². The number of aromatic nitrogens is 4. The van der Waals surface area contributed by atoms with Crippen molar-refractivity contribution >= 4 is 22.6 Å². The maximum Gasteiger partial charge on any atom is 0.240 e. The lowest BCUT2D eigenvalue weighted by atomic mass is 10.1. The number of methoxy groups -OCH3 is 1. The maximum atomic E-state index is 12.7. The number of anilines is 1. The molecule has 7 rings (SSSR count). The van der Waals surface area contributed by atoms with Gasteiger partial charge in [0.15, 0.2) is 0 Å². The standard InChI is InChI=1S/C34H41N7O4/c1-38-23-36-31-18-30(29-8-5-26(19-35-29)39-12-14-40(15-13-39)27-21-44-22-27)37-34(33(31)38)45-16-10-25-17-32(42)41(20-25)11-9-24-3-6-28(43-2)7-4-24/h3-8,18-19,23,25,27H,9-17,20-22H2,1-2H3. The lowest BCUT2D eigenvalue weighted by molar-refractivity contribution is -0.127. The summed E-state index contributed by atoms with van der Waals surface area (Å²) in [4.78, 5) is 33.9. The van der Waals surface area contributed by atoms with Crippen LogP contribution in [0.25, 0.3) is 22.4 Å². The number of amides is 1. The van der Waals surface area contributed by atoms with E-state index >= 15 is 0 Å². The zero-order valence-electron chi connectivity index (χ0n) is 26.1. The summed E-state index contributed by atoms with van der Waals surface area (Å²) in [5, 5.41) is 0. The van der Waals surface area contributed by atoms with Crippen molar-refractivity contribution in [2.24, 2.45) is 13.0 Å². The van der Waals surface area contributed by atoms with E-state index < -0.39 is 0 Å². The molecular weight excluding hydrogens is 570 g/mol. The molecule has 3 fully saturated rings. The molecule has 236 valence electrons. The Morgan fingerprint density at radius 1 is 1.00 bits per heavy atom. The first-order chi connectivity index (χ1) is 22.0. The van der Waals surface area contributed by atoms with E-state index in [9.17, 15) is 4.79 Å². The first kappa shape index (κ1) is 29.5. The minimum atomic E-state index is 0.215. The van der Waals surface area contributed by atoms with Gasteiger partial charge in [0.2, 0.25) is 11.8 Å². The quantitative estimate of drug-likeness (QED) is 0.253. The summed E-state index contributed by atoms with van der Waals surface area (Å²) in [6.45, 7) is 7.75. The molecule has 0 aliphatic carbocycles. The Morgan fingerprint density at radius 2 is 1.82 bits per heavy atom. The molecule has 0 spiro atoms. The molecule has 11 heteroatoms. The van der Waals surface area contributed by atoms with Gasteiger partial charge in [0.25, 0.3) is 0 Å². The second kappa shape index (κ2) is 13.0. The molecule has 1 amide bonds. The van der Waals surface area contributed by atoms with Crippen molar-refractivity contribution in [2.45, 2.75) is 25.3 Å². The highest BCUT2D eigenvalue weighted by Gasteiger charge is 2.30. The van der Waals surface area contributed by atoms with Crippen LogP contribution in [0.5, 0.6) is 11.6 Å². The van der Waals surface area contributed by atoms with Crippen LogP contribution in [0.2, 0.25) is 0 Å². The number of carbonyl (C=O) groups is 1. The maximum absolute atomic E-state index is 12.7. The number of rotatable bonds is 11. The lowest BCUT2D eigenvalue weighted by Crippen LogP contribution is -2.56. The van der Waals surface area contributed by atoms with E-state index in [1.54, 1.807) is 13.4 Å². The first-order valence-corrected chi connectivity index (χ1v) is 15.9. The Morgan fingerprint density at radius 3 is 2.53 bits per heavy atom. The van der Waals surface area contributed by atoms with Gasteiger partial charge in [-0.1, -0.05) is 12.1 Å². The van der Waals surface area contributed by atoms with Gasteiger partial charge < -0.3 is 28.6 Å². The molecular formula is C34H41N7O4. The van der Waals surface area contributed by atoms with Crippen molar-refractivity contribution in [2.75, 3.05) is 71.1 Å². The second-order valence-corrected chi connectivity index (χ2v) is 12.3. The summed E-state index contributed by atoms with van der Waals surface area (Å²) in [6.07, 6.45) is 5.89. The van der Waals surface area contributed by atoms with Crippen LogP contribution in [-0.2, 0) is 23.0 Å². The van der Waals surface area contributed by atoms with Gasteiger partial charge in [0.05, 0.1) is 68.1 Å². The summed E-state index contributed by atoms with van der Waals surface area (Å²) in [5.41, 5.74) is 5.52. The number of piperazine rings is 1. The molecule has 1 atom stereocenters. The molecule has 3 saturated heterocycles. The summed E-state index contributed by atoms with van der Waals surface area (Å²) in [6, 6.07) is 14.8. The van der Waals surface area contributed by atoms with E-state index in [1.807, 2.05) is 47.0 Å². The van der Waals surface area contributed by atoms with Crippen molar-refractivity contribution in [3.8, 4) is 23.0 Å². The highest BCUT2D eigenvalue weighted by molar-refractivity contribution is 5.84. The van der Waals surface area contributed by atoms with Gasteiger partial charge in [-0.05, 0) is 54.7 Å². The largest absolute Gasteiger partial charge is 0.497 e. The fourth-order valence-corrected chi connectivity index (χ4v) is 6.52. The fraction of sp³-hybridized carbons (Fsp3) is 0.471. The van der Waals surface area contributed by atoms with Crippen molar-refractivity contribution in [1.82, 2.24) is 29.3 Å². The molecule has 0 bridgehead atoms. The van der Waals surface area contributed by atoms with Crippen LogP contribution in [0.3, 0.4) is 0 Å². The van der Waals surface area contributed by atoms with Gasteiger partial charge in [-0.3, -0.25) is 14.7 Å². The third kappa shape index (κ3) is 6.46. The molecule has 0 saturated carbocycles. The van der Waals surface area contributed by atoms with E-state index in [2.05, 4.69) is 33.0 Å². The third-order valence-electron chi connectivity index (χ3n) is 9.38. The molecule has 3 aromatic heterocycles. The smallest absolute Gasteiger partial charge is 0.240 e. The van der Waals surface area contributed by atoms with E-state index in [-0.39, 0.29) is 11.8 Å². The van der Waals surface area contributed by atoms with Crippen LogP contribution in [0, 0.1) is 5.92 Å². The number of hydrogen-bond donors (Lipinski definition) is 0. The first-order valence-electron chi connectivity index (χ1n) is 15.9. The number of nitrogens with zero attached hydrogens (tertiary/aromatic N) is 7.